The normalized spacial score (nSPS) is 10.1. The summed E-state index contributed by atoms with van der Waals surface area (Å²) in [5.74, 6) is 1.12. The Labute approximate surface area is 142 Å². The van der Waals surface area contributed by atoms with Crippen LogP contribution in [0.15, 0.2) is 12.1 Å². The van der Waals surface area contributed by atoms with E-state index < -0.39 is 0 Å². The van der Waals surface area contributed by atoms with Crippen LogP contribution in [0, 0.1) is 11.3 Å². The van der Waals surface area contributed by atoms with E-state index in [1.54, 1.807) is 12.1 Å². The number of methoxy groups -OCH3 is 3. The molecule has 0 N–H and O–H groups in total. The number of hydrogen-bond acceptors (Lipinski definition) is 5. The number of carbonyl (C=O) groups is 1. The Morgan fingerprint density at radius 3 is 2.22 bits per heavy atom. The number of aromatic nitrogens is 1. The predicted molar refractivity (Wildman–Crippen MR) is 86.4 cm³/mol. The summed E-state index contributed by atoms with van der Waals surface area (Å²) in [6, 6.07) is 5.16. The van der Waals surface area contributed by atoms with Crippen LogP contribution >= 0.6 is 23.2 Å². The van der Waals surface area contributed by atoms with Crippen molar-refractivity contribution in [1.82, 2.24) is 4.57 Å². The Hall–Kier alpha value is -2.36. The molecule has 0 fully saturated rings. The van der Waals surface area contributed by atoms with Gasteiger partial charge in [-0.1, -0.05) is 23.2 Å². The van der Waals surface area contributed by atoms with E-state index in [1.807, 2.05) is 6.07 Å². The monoisotopic (exact) mass is 354 g/mol. The molecule has 120 valence electrons. The van der Waals surface area contributed by atoms with Crippen LogP contribution in [0.25, 0.3) is 11.1 Å². The maximum Gasteiger partial charge on any atom is 0.220 e. The molecule has 6 nitrogen and oxygen atoms in total. The van der Waals surface area contributed by atoms with Gasteiger partial charge in [0.25, 0.3) is 0 Å². The molecule has 1 aromatic heterocycles. The van der Waals surface area contributed by atoms with E-state index in [0.717, 1.165) is 4.57 Å². The van der Waals surface area contributed by atoms with Gasteiger partial charge in [0.05, 0.1) is 26.4 Å². The van der Waals surface area contributed by atoms with Gasteiger partial charge in [-0.2, -0.15) is 5.26 Å². The molecular formula is C15H12Cl2N2O4. The lowest BCUT2D eigenvalue weighted by atomic mass is 10.1. The van der Waals surface area contributed by atoms with E-state index in [0.29, 0.717) is 34.8 Å². The summed E-state index contributed by atoms with van der Waals surface area (Å²) in [6.07, 6.45) is 0.420. The molecule has 0 bridgehead atoms. The van der Waals surface area contributed by atoms with Crippen molar-refractivity contribution < 1.29 is 19.0 Å². The van der Waals surface area contributed by atoms with Crippen molar-refractivity contribution in [3.8, 4) is 34.4 Å². The Kier molecular flexibility index (Phi) is 5.04. The molecule has 2 aromatic rings. The number of rotatable bonds is 5. The molecule has 1 aromatic carbocycles. The summed E-state index contributed by atoms with van der Waals surface area (Å²) < 4.78 is 16.9. The third-order valence-electron chi connectivity index (χ3n) is 3.27. The van der Waals surface area contributed by atoms with Crippen LogP contribution in [0.3, 0.4) is 0 Å². The van der Waals surface area contributed by atoms with Crippen molar-refractivity contribution in [3.05, 3.63) is 28.0 Å². The van der Waals surface area contributed by atoms with Gasteiger partial charge in [-0.3, -0.25) is 9.36 Å². The van der Waals surface area contributed by atoms with E-state index in [4.69, 9.17) is 37.4 Å². The van der Waals surface area contributed by atoms with Crippen LogP contribution in [0.1, 0.15) is 5.69 Å². The number of nitrogens with zero attached hydrogens (tertiary/aromatic N) is 2. The van der Waals surface area contributed by atoms with Crippen LogP contribution in [0.2, 0.25) is 10.2 Å². The van der Waals surface area contributed by atoms with E-state index >= 15 is 0 Å². The molecule has 0 aliphatic rings. The van der Waals surface area contributed by atoms with Crippen LogP contribution in [0.4, 0.5) is 0 Å². The van der Waals surface area contributed by atoms with E-state index in [2.05, 4.69) is 0 Å². The molecule has 1 heterocycles. The largest absolute Gasteiger partial charge is 0.493 e. The van der Waals surface area contributed by atoms with E-state index in [9.17, 15) is 10.1 Å². The fraction of sp³-hybridized carbons (Fsp3) is 0.200. The Morgan fingerprint density at radius 1 is 1.13 bits per heavy atom. The SMILES string of the molecule is COc1ccc(-c2c(Cl)c(C#N)n(C=O)c2Cl)c(OC)c1OC. The molecular weight excluding hydrogens is 343 g/mol. The minimum absolute atomic E-state index is 0.00655. The number of halogens is 2. The minimum atomic E-state index is -0.0569. The summed E-state index contributed by atoms with van der Waals surface area (Å²) in [7, 11) is 4.41. The lowest BCUT2D eigenvalue weighted by Gasteiger charge is -2.15. The first-order valence-corrected chi connectivity index (χ1v) is 7.05. The smallest absolute Gasteiger partial charge is 0.220 e. The first-order valence-electron chi connectivity index (χ1n) is 6.29. The molecule has 0 atom stereocenters. The highest BCUT2D eigenvalue weighted by molar-refractivity contribution is 6.40. The maximum atomic E-state index is 11.2. The number of carbonyl (C=O) groups excluding carboxylic acids is 1. The zero-order valence-corrected chi connectivity index (χ0v) is 14.0. The Balaban J connectivity index is 2.86. The third kappa shape index (κ3) is 2.58. The maximum absolute atomic E-state index is 11.2. The van der Waals surface area contributed by atoms with Gasteiger partial charge in [0.1, 0.15) is 16.9 Å². The topological polar surface area (TPSA) is 73.5 Å². The molecule has 0 saturated heterocycles. The average molecular weight is 355 g/mol. The van der Waals surface area contributed by atoms with Gasteiger partial charge in [-0.05, 0) is 12.1 Å². The predicted octanol–water partition coefficient (Wildman–Crippen LogP) is 3.40. The van der Waals surface area contributed by atoms with E-state index in [-0.39, 0.29) is 15.9 Å². The molecule has 0 saturated carbocycles. The number of benzene rings is 1. The molecule has 0 spiro atoms. The molecule has 2 rings (SSSR count). The minimum Gasteiger partial charge on any atom is -0.493 e. The summed E-state index contributed by atoms with van der Waals surface area (Å²) in [5.41, 5.74) is 0.713. The van der Waals surface area contributed by atoms with Crippen molar-refractivity contribution in [1.29, 1.82) is 5.26 Å². The van der Waals surface area contributed by atoms with Crippen molar-refractivity contribution in [2.45, 2.75) is 0 Å². The van der Waals surface area contributed by atoms with Gasteiger partial charge in [0.2, 0.25) is 12.2 Å². The third-order valence-corrected chi connectivity index (χ3v) is 4.01. The van der Waals surface area contributed by atoms with Crippen molar-refractivity contribution >= 4 is 29.6 Å². The van der Waals surface area contributed by atoms with Gasteiger partial charge in [0, 0.05) is 11.1 Å². The molecule has 0 radical (unpaired) electrons. The second kappa shape index (κ2) is 6.82. The highest BCUT2D eigenvalue weighted by Gasteiger charge is 2.26. The second-order valence-electron chi connectivity index (χ2n) is 4.30. The van der Waals surface area contributed by atoms with E-state index in [1.165, 1.54) is 21.3 Å². The lowest BCUT2D eigenvalue weighted by molar-refractivity contribution is 0.325. The summed E-state index contributed by atoms with van der Waals surface area (Å²) in [4.78, 5) is 11.2. The second-order valence-corrected chi connectivity index (χ2v) is 5.03. The molecule has 8 heteroatoms. The van der Waals surface area contributed by atoms with Crippen LogP contribution in [0.5, 0.6) is 17.2 Å². The summed E-state index contributed by atoms with van der Waals surface area (Å²) in [6.45, 7) is 0. The molecule has 0 aliphatic carbocycles. The van der Waals surface area contributed by atoms with Crippen molar-refractivity contribution in [2.24, 2.45) is 0 Å². The zero-order chi connectivity index (χ0) is 17.1. The highest BCUT2D eigenvalue weighted by atomic mass is 35.5. The van der Waals surface area contributed by atoms with Gasteiger partial charge in [0.15, 0.2) is 11.5 Å². The molecule has 0 unspecified atom stereocenters. The fourth-order valence-electron chi connectivity index (χ4n) is 2.26. The Bertz CT molecular complexity index is 809. The van der Waals surface area contributed by atoms with Crippen LogP contribution in [-0.4, -0.2) is 32.3 Å². The highest BCUT2D eigenvalue weighted by Crippen LogP contribution is 2.49. The first-order chi connectivity index (χ1) is 11.0. The van der Waals surface area contributed by atoms with Crippen LogP contribution < -0.4 is 14.2 Å². The average Bonchev–Trinajstić information content (AvgIpc) is 2.82. The summed E-state index contributed by atoms with van der Waals surface area (Å²) >= 11 is 12.4. The van der Waals surface area contributed by atoms with Gasteiger partial charge < -0.3 is 14.2 Å². The van der Waals surface area contributed by atoms with Gasteiger partial charge in [-0.15, -0.1) is 0 Å². The lowest BCUT2D eigenvalue weighted by Crippen LogP contribution is -1.98. The van der Waals surface area contributed by atoms with Crippen LogP contribution in [-0.2, 0) is 4.79 Å². The summed E-state index contributed by atoms with van der Waals surface area (Å²) in [5, 5.41) is 9.23. The quantitative estimate of drug-likeness (QED) is 0.769. The zero-order valence-electron chi connectivity index (χ0n) is 12.5. The standard InChI is InChI=1S/C15H12Cl2N2O4/c1-21-10-5-4-8(13(22-2)14(10)23-3)11-12(16)9(6-18)19(7-20)15(11)17/h4-5,7H,1-3H3. The number of hydrogen-bond donors (Lipinski definition) is 0. The van der Waals surface area contributed by atoms with Gasteiger partial charge in [-0.25, -0.2) is 0 Å². The number of nitriles is 1. The molecule has 0 aliphatic heterocycles. The number of ether oxygens (including phenoxy) is 3. The fourth-order valence-corrected chi connectivity index (χ4v) is 2.96. The molecule has 0 amide bonds. The first kappa shape index (κ1) is 17.0. The van der Waals surface area contributed by atoms with Crippen molar-refractivity contribution in [2.75, 3.05) is 21.3 Å². The van der Waals surface area contributed by atoms with Gasteiger partial charge >= 0.3 is 0 Å². The Morgan fingerprint density at radius 2 is 1.78 bits per heavy atom. The van der Waals surface area contributed by atoms with Crippen molar-refractivity contribution in [3.63, 3.8) is 0 Å². The molecule has 23 heavy (non-hydrogen) atoms.